The summed E-state index contributed by atoms with van der Waals surface area (Å²) in [7, 11) is 0. The molecule has 0 spiro atoms. The van der Waals surface area contributed by atoms with Gasteiger partial charge in [-0.2, -0.15) is 0 Å². The fourth-order valence-corrected chi connectivity index (χ4v) is 5.62. The van der Waals surface area contributed by atoms with Gasteiger partial charge in [0.15, 0.2) is 5.96 Å². The topological polar surface area (TPSA) is 435 Å². The number of likely N-dealkylation sites (tertiary alicyclic amines) is 1. The van der Waals surface area contributed by atoms with Gasteiger partial charge in [-0.05, 0) is 38.0 Å². The second kappa shape index (κ2) is 26.0. The molecular weight excluding hydrogens is 786 g/mol. The van der Waals surface area contributed by atoms with Gasteiger partial charge in [-0.3, -0.25) is 48.1 Å². The Morgan fingerprint density at radius 2 is 1.27 bits per heavy atom. The number of guanidine groups is 1. The molecule has 0 radical (unpaired) electrons. The fraction of sp³-hybridized carbons (Fsp3) is 0.667. The molecule has 6 atom stereocenters. The molecule has 26 nitrogen and oxygen atoms in total. The molecule has 0 aliphatic carbocycles. The number of primary amides is 1. The van der Waals surface area contributed by atoms with Crippen LogP contribution in [0.4, 0.5) is 0 Å². The summed E-state index contributed by atoms with van der Waals surface area (Å²) in [6.07, 6.45) is 0.281. The highest BCUT2D eigenvalue weighted by atomic mass is 16.4. The lowest BCUT2D eigenvalue weighted by Crippen LogP contribution is -2.58. The van der Waals surface area contributed by atoms with E-state index in [4.69, 9.17) is 22.9 Å². The van der Waals surface area contributed by atoms with Gasteiger partial charge in [0.1, 0.15) is 36.3 Å². The third-order valence-electron chi connectivity index (χ3n) is 8.48. The van der Waals surface area contributed by atoms with E-state index >= 15 is 0 Å². The van der Waals surface area contributed by atoms with Crippen LogP contribution in [0.3, 0.4) is 0 Å². The number of amides is 9. The first-order valence-electron chi connectivity index (χ1n) is 18.6. The summed E-state index contributed by atoms with van der Waals surface area (Å²) in [5.74, 6) is -9.70. The largest absolute Gasteiger partial charge is 0.480 e. The normalized spacial score (nSPS) is 15.9. The molecule has 1 fully saturated rings. The number of aliphatic hydroxyl groups is 2. The van der Waals surface area contributed by atoms with Crippen molar-refractivity contribution < 1.29 is 63.3 Å². The predicted octanol–water partition coefficient (Wildman–Crippen LogP) is -8.36. The van der Waals surface area contributed by atoms with Crippen LogP contribution in [0.15, 0.2) is 4.99 Å². The van der Waals surface area contributed by atoms with E-state index in [2.05, 4.69) is 42.2 Å². The van der Waals surface area contributed by atoms with Crippen LogP contribution in [-0.2, 0) is 47.9 Å². The zero-order valence-electron chi connectivity index (χ0n) is 32.9. The first-order chi connectivity index (χ1) is 27.7. The van der Waals surface area contributed by atoms with Crippen LogP contribution >= 0.6 is 0 Å². The Labute approximate surface area is 338 Å². The van der Waals surface area contributed by atoms with Gasteiger partial charge in [-0.1, -0.05) is 13.8 Å². The minimum atomic E-state index is -1.68. The zero-order valence-corrected chi connectivity index (χ0v) is 32.9. The lowest BCUT2D eigenvalue weighted by Gasteiger charge is -2.30. The van der Waals surface area contributed by atoms with Gasteiger partial charge >= 0.3 is 5.97 Å². The number of nitrogens with zero attached hydrogens (tertiary/aromatic N) is 2. The van der Waals surface area contributed by atoms with Crippen molar-refractivity contribution in [3.63, 3.8) is 0 Å². The van der Waals surface area contributed by atoms with Gasteiger partial charge in [0.2, 0.25) is 53.2 Å². The van der Waals surface area contributed by atoms with Crippen LogP contribution in [0.25, 0.3) is 0 Å². The number of carbonyl (C=O) groups excluding carboxylic acids is 9. The highest BCUT2D eigenvalue weighted by molar-refractivity contribution is 5.98. The van der Waals surface area contributed by atoms with E-state index in [1.807, 2.05) is 0 Å². The number of nitrogens with one attached hydrogen (secondary N) is 7. The van der Waals surface area contributed by atoms with Gasteiger partial charge in [0.05, 0.1) is 39.3 Å². The molecule has 1 heterocycles. The summed E-state index contributed by atoms with van der Waals surface area (Å²) < 4.78 is 0. The molecule has 0 unspecified atom stereocenters. The molecule has 1 rings (SSSR count). The number of aliphatic carboxylic acids is 1. The Bertz CT molecular complexity index is 1560. The summed E-state index contributed by atoms with van der Waals surface area (Å²) in [5.41, 5.74) is 20.9. The lowest BCUT2D eigenvalue weighted by atomic mass is 10.0. The van der Waals surface area contributed by atoms with E-state index in [1.165, 1.54) is 4.90 Å². The third kappa shape index (κ3) is 18.8. The number of hydrogen-bond donors (Lipinski definition) is 14. The van der Waals surface area contributed by atoms with Crippen molar-refractivity contribution in [1.29, 1.82) is 0 Å². The number of aliphatic hydroxyl groups excluding tert-OH is 2. The first-order valence-corrected chi connectivity index (χ1v) is 18.6. The van der Waals surface area contributed by atoms with Crippen molar-refractivity contribution in [1.82, 2.24) is 42.1 Å². The van der Waals surface area contributed by atoms with E-state index in [-0.39, 0.29) is 50.7 Å². The maximum atomic E-state index is 13.7. The van der Waals surface area contributed by atoms with Gasteiger partial charge in [0, 0.05) is 13.1 Å². The summed E-state index contributed by atoms with van der Waals surface area (Å²) in [4.78, 5) is 130. The minimum Gasteiger partial charge on any atom is -0.480 e. The molecule has 26 heteroatoms. The van der Waals surface area contributed by atoms with E-state index < -0.39 is 135 Å². The summed E-state index contributed by atoms with van der Waals surface area (Å²) in [6, 6.07) is -8.37. The lowest BCUT2D eigenvalue weighted by molar-refractivity contribution is -0.142. The van der Waals surface area contributed by atoms with Gasteiger partial charge in [0.25, 0.3) is 0 Å². The van der Waals surface area contributed by atoms with Crippen LogP contribution in [0, 0.1) is 5.92 Å². The molecule has 0 bridgehead atoms. The summed E-state index contributed by atoms with van der Waals surface area (Å²) in [6.45, 7) is -0.151. The van der Waals surface area contributed by atoms with Crippen molar-refractivity contribution in [3.8, 4) is 0 Å². The van der Waals surface area contributed by atoms with Crippen molar-refractivity contribution >= 4 is 65.1 Å². The number of carboxylic acids is 1. The molecular formula is C33H57N13O13. The number of aliphatic imine (C=N–C) groups is 1. The number of rotatable bonds is 26. The molecule has 1 aliphatic rings. The molecule has 0 aromatic heterocycles. The molecule has 1 saturated heterocycles. The monoisotopic (exact) mass is 843 g/mol. The number of hydrogen-bond acceptors (Lipinski definition) is 14. The number of carboxylic acid groups (broad SMARTS) is 1. The third-order valence-corrected chi connectivity index (χ3v) is 8.48. The Morgan fingerprint density at radius 3 is 1.81 bits per heavy atom. The van der Waals surface area contributed by atoms with Crippen LogP contribution in [0.1, 0.15) is 52.4 Å². The van der Waals surface area contributed by atoms with Crippen LogP contribution < -0.4 is 60.2 Å². The maximum absolute atomic E-state index is 13.7. The van der Waals surface area contributed by atoms with Crippen LogP contribution in [0.2, 0.25) is 0 Å². The highest BCUT2D eigenvalue weighted by Gasteiger charge is 2.39. The molecule has 332 valence electrons. The Morgan fingerprint density at radius 1 is 0.729 bits per heavy atom. The molecule has 59 heavy (non-hydrogen) atoms. The smallest absolute Gasteiger partial charge is 0.326 e. The van der Waals surface area contributed by atoms with Crippen LogP contribution in [-0.4, -0.2) is 168 Å². The van der Waals surface area contributed by atoms with E-state index in [1.54, 1.807) is 13.8 Å². The standard InChI is InChI=1S/C33H57N13O13/c1-16(2)9-19(44-28(54)18(10-23(35)49)42-24(50)11-34)31(57)46-8-4-6-22(46)30(56)40-13-26(52)43-21(15-48)29(55)45-20(14-47)27(53)39-12-25(51)41-17(32(58)59)5-3-7-38-33(36)37/h16-22,47-48H,3-15,34H2,1-2H3,(H2,35,49)(H,39,53)(H,40,56)(H,41,51)(H,42,50)(H,43,52)(H,44,54)(H,45,55)(H,58,59)(H4,36,37,38)/t17-,18-,19-,20-,21-,22-/m0/s1. The van der Waals surface area contributed by atoms with Crippen molar-refractivity contribution in [2.45, 2.75) is 88.6 Å². The zero-order chi connectivity index (χ0) is 44.8. The second-order valence-electron chi connectivity index (χ2n) is 13.8. The molecule has 0 aromatic carbocycles. The SMILES string of the molecule is CC(C)C[C@H](NC(=O)[C@H](CC(N)=O)NC(=O)CN)C(=O)N1CCC[C@H]1C(=O)NCC(=O)N[C@@H](CO)C(=O)N[C@@H](CO)C(=O)NCC(=O)N[C@@H](CCCN=C(N)N)C(=O)O. The molecule has 0 aromatic rings. The first kappa shape index (κ1) is 50.9. The highest BCUT2D eigenvalue weighted by Crippen LogP contribution is 2.20. The quantitative estimate of drug-likeness (QED) is 0.0218. The Kier molecular flexibility index (Phi) is 22.4. The predicted molar refractivity (Wildman–Crippen MR) is 204 cm³/mol. The summed E-state index contributed by atoms with van der Waals surface area (Å²) >= 11 is 0. The maximum Gasteiger partial charge on any atom is 0.326 e. The van der Waals surface area contributed by atoms with Gasteiger partial charge in [-0.15, -0.1) is 0 Å². The second-order valence-corrected chi connectivity index (χ2v) is 13.8. The average Bonchev–Trinajstić information content (AvgIpc) is 3.67. The van der Waals surface area contributed by atoms with E-state index in [0.717, 1.165) is 0 Å². The summed E-state index contributed by atoms with van der Waals surface area (Å²) in [5, 5.41) is 44.5. The minimum absolute atomic E-state index is 0.0417. The molecule has 18 N–H and O–H groups in total. The fourth-order valence-electron chi connectivity index (χ4n) is 5.62. The Hall–Kier alpha value is -6.15. The average molecular weight is 844 g/mol. The van der Waals surface area contributed by atoms with Crippen molar-refractivity contribution in [3.05, 3.63) is 0 Å². The van der Waals surface area contributed by atoms with Gasteiger partial charge in [-0.25, -0.2) is 4.79 Å². The van der Waals surface area contributed by atoms with Crippen molar-refractivity contribution in [2.24, 2.45) is 33.8 Å². The number of nitrogens with two attached hydrogens (primary N) is 4. The molecule has 0 saturated carbocycles. The van der Waals surface area contributed by atoms with E-state index in [9.17, 15) is 63.3 Å². The molecule has 1 aliphatic heterocycles. The Balaban J connectivity index is 2.81. The number of carbonyl (C=O) groups is 10. The molecule has 9 amide bonds. The van der Waals surface area contributed by atoms with Crippen molar-refractivity contribution in [2.75, 3.05) is 45.9 Å². The van der Waals surface area contributed by atoms with Gasteiger partial charge < -0.3 is 80.4 Å². The van der Waals surface area contributed by atoms with Crippen LogP contribution in [0.5, 0.6) is 0 Å². The van der Waals surface area contributed by atoms with E-state index in [0.29, 0.717) is 6.42 Å².